The summed E-state index contributed by atoms with van der Waals surface area (Å²) in [5, 5.41) is 3.90. The topological polar surface area (TPSA) is 37.8 Å². The van der Waals surface area contributed by atoms with E-state index in [1.807, 2.05) is 0 Å². The number of fused-ring (bicyclic) bond motifs is 1. The molecule has 0 radical (unpaired) electrons. The van der Waals surface area contributed by atoms with E-state index in [4.69, 9.17) is 11.6 Å². The molecule has 14 heavy (non-hydrogen) atoms. The van der Waals surface area contributed by atoms with Gasteiger partial charge in [0.2, 0.25) is 0 Å². The van der Waals surface area contributed by atoms with Crippen LogP contribution in [0.3, 0.4) is 0 Å². The molecule has 1 aromatic heterocycles. The Kier molecular flexibility index (Phi) is 1.96. The van der Waals surface area contributed by atoms with Crippen molar-refractivity contribution in [1.82, 2.24) is 15.3 Å². The number of nitrogens with zero attached hydrogens (tertiary/aromatic N) is 2. The average molecular weight is 210 g/mol. The summed E-state index contributed by atoms with van der Waals surface area (Å²) in [6.07, 6.45) is 3.76. The second-order valence-corrected chi connectivity index (χ2v) is 4.39. The van der Waals surface area contributed by atoms with Gasteiger partial charge in [-0.1, -0.05) is 18.0 Å². The first-order valence-electron chi connectivity index (χ1n) is 5.10. The van der Waals surface area contributed by atoms with Crippen LogP contribution in [0.1, 0.15) is 42.3 Å². The van der Waals surface area contributed by atoms with Crippen LogP contribution in [0.4, 0.5) is 0 Å². The molecule has 0 amide bonds. The molecule has 0 spiro atoms. The average Bonchev–Trinajstić information content (AvgIpc) is 2.48. The number of rotatable bonds is 1. The van der Waals surface area contributed by atoms with Crippen molar-refractivity contribution >= 4 is 11.6 Å². The zero-order chi connectivity index (χ0) is 9.54. The van der Waals surface area contributed by atoms with Crippen LogP contribution >= 0.6 is 11.6 Å². The van der Waals surface area contributed by atoms with Crippen molar-refractivity contribution in [2.24, 2.45) is 0 Å². The van der Waals surface area contributed by atoms with Gasteiger partial charge in [0.25, 0.3) is 0 Å². The van der Waals surface area contributed by atoms with E-state index in [2.05, 4.69) is 15.3 Å². The molecule has 1 aliphatic heterocycles. The van der Waals surface area contributed by atoms with Gasteiger partial charge >= 0.3 is 0 Å². The smallest absolute Gasteiger partial charge is 0.137 e. The molecule has 1 saturated carbocycles. The third-order valence-electron chi connectivity index (χ3n) is 3.12. The highest BCUT2D eigenvalue weighted by molar-refractivity contribution is 6.30. The summed E-state index contributed by atoms with van der Waals surface area (Å²) < 4.78 is 0. The summed E-state index contributed by atoms with van der Waals surface area (Å²) in [5.41, 5.74) is 2.20. The maximum absolute atomic E-state index is 6.11. The lowest BCUT2D eigenvalue weighted by atomic mass is 9.85. The van der Waals surface area contributed by atoms with Crippen molar-refractivity contribution in [3.63, 3.8) is 0 Å². The van der Waals surface area contributed by atoms with Crippen molar-refractivity contribution in [2.75, 3.05) is 0 Å². The Bertz CT molecular complexity index is 374. The second kappa shape index (κ2) is 3.17. The van der Waals surface area contributed by atoms with Crippen molar-refractivity contribution in [3.05, 3.63) is 22.2 Å². The zero-order valence-corrected chi connectivity index (χ0v) is 8.64. The summed E-state index contributed by atoms with van der Waals surface area (Å²) in [7, 11) is 0. The molecule has 0 bridgehead atoms. The maximum atomic E-state index is 6.11. The minimum absolute atomic E-state index is 0.568. The third-order valence-corrected chi connectivity index (χ3v) is 3.44. The Morgan fingerprint density at radius 1 is 1.21 bits per heavy atom. The fourth-order valence-corrected chi connectivity index (χ4v) is 2.26. The maximum Gasteiger partial charge on any atom is 0.137 e. The molecule has 0 aromatic carbocycles. The summed E-state index contributed by atoms with van der Waals surface area (Å²) in [5.74, 6) is 1.53. The van der Waals surface area contributed by atoms with Crippen molar-refractivity contribution in [3.8, 4) is 0 Å². The molecule has 0 saturated heterocycles. The van der Waals surface area contributed by atoms with Crippen LogP contribution in [0.25, 0.3) is 0 Å². The molecule has 2 aliphatic rings. The van der Waals surface area contributed by atoms with Crippen LogP contribution in [0.2, 0.25) is 5.15 Å². The van der Waals surface area contributed by atoms with E-state index in [0.717, 1.165) is 30.2 Å². The number of hydrogen-bond donors (Lipinski definition) is 1. The highest BCUT2D eigenvalue weighted by Gasteiger charge is 2.25. The third kappa shape index (κ3) is 1.23. The van der Waals surface area contributed by atoms with Crippen molar-refractivity contribution < 1.29 is 0 Å². The van der Waals surface area contributed by atoms with Crippen LogP contribution in [-0.4, -0.2) is 9.97 Å². The molecule has 4 heteroatoms. The largest absolute Gasteiger partial charge is 0.307 e. The quantitative estimate of drug-likeness (QED) is 0.719. The highest BCUT2D eigenvalue weighted by atomic mass is 35.5. The SMILES string of the molecule is Clc1nc(C2CCC2)nc2c1CNC2. The van der Waals surface area contributed by atoms with Gasteiger partial charge < -0.3 is 5.32 Å². The number of aromatic nitrogens is 2. The lowest BCUT2D eigenvalue weighted by Crippen LogP contribution is -2.14. The van der Waals surface area contributed by atoms with Gasteiger partial charge in [0, 0.05) is 24.6 Å². The fraction of sp³-hybridized carbons (Fsp3) is 0.600. The molecular weight excluding hydrogens is 198 g/mol. The van der Waals surface area contributed by atoms with Crippen LogP contribution < -0.4 is 5.32 Å². The zero-order valence-electron chi connectivity index (χ0n) is 7.89. The minimum Gasteiger partial charge on any atom is -0.307 e. The van der Waals surface area contributed by atoms with Crippen molar-refractivity contribution in [2.45, 2.75) is 38.3 Å². The summed E-state index contributed by atoms with van der Waals surface area (Å²) in [4.78, 5) is 8.96. The van der Waals surface area contributed by atoms with E-state index >= 15 is 0 Å². The molecule has 74 valence electrons. The van der Waals surface area contributed by atoms with Gasteiger partial charge in [-0.2, -0.15) is 0 Å². The molecule has 3 nitrogen and oxygen atoms in total. The Labute approximate surface area is 87.9 Å². The lowest BCUT2D eigenvalue weighted by molar-refractivity contribution is 0.400. The van der Waals surface area contributed by atoms with Gasteiger partial charge in [-0.25, -0.2) is 9.97 Å². The molecule has 1 fully saturated rings. The second-order valence-electron chi connectivity index (χ2n) is 4.03. The van der Waals surface area contributed by atoms with E-state index in [-0.39, 0.29) is 0 Å². The summed E-state index contributed by atoms with van der Waals surface area (Å²) in [6, 6.07) is 0. The number of halogens is 1. The van der Waals surface area contributed by atoms with E-state index in [0.29, 0.717) is 11.1 Å². The van der Waals surface area contributed by atoms with Gasteiger partial charge in [-0.15, -0.1) is 0 Å². The molecule has 3 rings (SSSR count). The van der Waals surface area contributed by atoms with Gasteiger partial charge in [-0.05, 0) is 12.8 Å². The van der Waals surface area contributed by atoms with Crippen LogP contribution in [0.5, 0.6) is 0 Å². The van der Waals surface area contributed by atoms with E-state index in [1.165, 1.54) is 19.3 Å². The van der Waals surface area contributed by atoms with Crippen LogP contribution in [-0.2, 0) is 13.1 Å². The molecule has 1 N–H and O–H groups in total. The molecule has 0 atom stereocenters. The predicted molar refractivity (Wildman–Crippen MR) is 54.2 cm³/mol. The number of hydrogen-bond acceptors (Lipinski definition) is 3. The Morgan fingerprint density at radius 3 is 2.79 bits per heavy atom. The predicted octanol–water partition coefficient (Wildman–Crippen LogP) is 2.00. The Balaban J connectivity index is 2.02. The molecule has 1 aliphatic carbocycles. The number of nitrogens with one attached hydrogen (secondary N) is 1. The molecule has 1 aromatic rings. The van der Waals surface area contributed by atoms with E-state index < -0.39 is 0 Å². The van der Waals surface area contributed by atoms with Gasteiger partial charge in [0.15, 0.2) is 0 Å². The molecule has 2 heterocycles. The monoisotopic (exact) mass is 209 g/mol. The highest BCUT2D eigenvalue weighted by Crippen LogP contribution is 2.35. The standard InChI is InChI=1S/C10H12ClN3/c11-9-7-4-12-5-8(7)13-10(14-9)6-2-1-3-6/h6,12H,1-5H2. The van der Waals surface area contributed by atoms with Gasteiger partial charge in [-0.3, -0.25) is 0 Å². The van der Waals surface area contributed by atoms with Gasteiger partial charge in [0.1, 0.15) is 11.0 Å². The first-order valence-corrected chi connectivity index (χ1v) is 5.48. The normalized spacial score (nSPS) is 20.6. The van der Waals surface area contributed by atoms with E-state index in [9.17, 15) is 0 Å². The summed E-state index contributed by atoms with van der Waals surface area (Å²) >= 11 is 6.11. The molecular formula is C10H12ClN3. The first-order chi connectivity index (χ1) is 6.84. The fourth-order valence-electron chi connectivity index (χ4n) is 1.99. The summed E-state index contributed by atoms with van der Waals surface area (Å²) in [6.45, 7) is 1.66. The first kappa shape index (κ1) is 8.62. The minimum atomic E-state index is 0.568. The van der Waals surface area contributed by atoms with E-state index in [1.54, 1.807) is 0 Å². The lowest BCUT2D eigenvalue weighted by Gasteiger charge is -2.24. The van der Waals surface area contributed by atoms with Crippen molar-refractivity contribution in [1.29, 1.82) is 0 Å². The van der Waals surface area contributed by atoms with Gasteiger partial charge in [0.05, 0.1) is 5.69 Å². The Morgan fingerprint density at radius 2 is 2.07 bits per heavy atom. The van der Waals surface area contributed by atoms with Crippen LogP contribution in [0, 0.1) is 0 Å². The Hall–Kier alpha value is -0.670. The molecule has 0 unspecified atom stereocenters. The van der Waals surface area contributed by atoms with Crippen LogP contribution in [0.15, 0.2) is 0 Å².